The Morgan fingerprint density at radius 1 is 1.35 bits per heavy atom. The summed E-state index contributed by atoms with van der Waals surface area (Å²) in [6, 6.07) is 6.42. The van der Waals surface area contributed by atoms with Crippen molar-refractivity contribution >= 4 is 0 Å². The van der Waals surface area contributed by atoms with E-state index in [1.165, 1.54) is 11.1 Å². The number of rotatable bonds is 6. The minimum absolute atomic E-state index is 0.0803. The lowest BCUT2D eigenvalue weighted by atomic mass is 10.0. The first-order valence-corrected chi connectivity index (χ1v) is 7.47. The summed E-state index contributed by atoms with van der Waals surface area (Å²) < 4.78 is 11.8. The predicted molar refractivity (Wildman–Crippen MR) is 82.3 cm³/mol. The first-order chi connectivity index (χ1) is 9.33. The number of benzene rings is 1. The van der Waals surface area contributed by atoms with Gasteiger partial charge in [-0.3, -0.25) is 0 Å². The summed E-state index contributed by atoms with van der Waals surface area (Å²) in [5, 5.41) is 3.48. The van der Waals surface area contributed by atoms with Gasteiger partial charge in [0, 0.05) is 31.7 Å². The summed E-state index contributed by atoms with van der Waals surface area (Å²) in [5.41, 5.74) is 2.34. The molecular formula is C17H27NO2. The van der Waals surface area contributed by atoms with E-state index in [0.29, 0.717) is 0 Å². The Hall–Kier alpha value is -1.06. The van der Waals surface area contributed by atoms with Crippen LogP contribution in [0.15, 0.2) is 18.2 Å². The Balaban J connectivity index is 1.97. The van der Waals surface area contributed by atoms with Crippen LogP contribution in [0.5, 0.6) is 5.75 Å². The standard InChI is InChI=1S/C17H27NO2/c1-6-19-17(4,5)12-18-11-14-9-7-8-13-10-16(2,3)20-15(13)14/h7-9,18H,6,10-12H2,1-5H3. The molecule has 0 amide bonds. The normalized spacial score (nSPS) is 16.9. The summed E-state index contributed by atoms with van der Waals surface area (Å²) in [7, 11) is 0. The van der Waals surface area contributed by atoms with Crippen LogP contribution in [-0.4, -0.2) is 24.4 Å². The minimum atomic E-state index is -0.132. The van der Waals surface area contributed by atoms with Crippen molar-refractivity contribution in [1.29, 1.82) is 0 Å². The predicted octanol–water partition coefficient (Wildman–Crippen LogP) is 3.30. The number of hydrogen-bond acceptors (Lipinski definition) is 3. The van der Waals surface area contributed by atoms with Crippen LogP contribution >= 0.6 is 0 Å². The molecule has 0 aliphatic carbocycles. The third kappa shape index (κ3) is 3.74. The zero-order valence-corrected chi connectivity index (χ0v) is 13.4. The van der Waals surface area contributed by atoms with Gasteiger partial charge in [0.05, 0.1) is 5.60 Å². The highest BCUT2D eigenvalue weighted by atomic mass is 16.5. The summed E-state index contributed by atoms with van der Waals surface area (Å²) in [4.78, 5) is 0. The fraction of sp³-hybridized carbons (Fsp3) is 0.647. The van der Waals surface area contributed by atoms with Crippen LogP contribution < -0.4 is 10.1 Å². The van der Waals surface area contributed by atoms with Gasteiger partial charge in [-0.15, -0.1) is 0 Å². The molecule has 0 radical (unpaired) electrons. The smallest absolute Gasteiger partial charge is 0.127 e. The maximum atomic E-state index is 6.08. The molecule has 0 fully saturated rings. The zero-order valence-electron chi connectivity index (χ0n) is 13.4. The Morgan fingerprint density at radius 2 is 2.10 bits per heavy atom. The maximum absolute atomic E-state index is 6.08. The number of ether oxygens (including phenoxy) is 2. The molecule has 1 aromatic rings. The Kier molecular flexibility index (Phi) is 4.40. The lowest BCUT2D eigenvalue weighted by Crippen LogP contribution is -2.37. The van der Waals surface area contributed by atoms with Crippen LogP contribution in [0.1, 0.15) is 45.7 Å². The number of nitrogens with one attached hydrogen (secondary N) is 1. The van der Waals surface area contributed by atoms with Gasteiger partial charge in [0.1, 0.15) is 11.4 Å². The van der Waals surface area contributed by atoms with Crippen LogP contribution in [0, 0.1) is 0 Å². The first kappa shape index (κ1) is 15.3. The van der Waals surface area contributed by atoms with E-state index in [4.69, 9.17) is 9.47 Å². The highest BCUT2D eigenvalue weighted by Crippen LogP contribution is 2.37. The highest BCUT2D eigenvalue weighted by molar-refractivity contribution is 5.45. The van der Waals surface area contributed by atoms with Gasteiger partial charge in [-0.05, 0) is 40.2 Å². The van der Waals surface area contributed by atoms with E-state index >= 15 is 0 Å². The Bertz CT molecular complexity index is 466. The van der Waals surface area contributed by atoms with Crippen molar-refractivity contribution < 1.29 is 9.47 Å². The largest absolute Gasteiger partial charge is 0.487 e. The number of para-hydroxylation sites is 1. The molecule has 20 heavy (non-hydrogen) atoms. The topological polar surface area (TPSA) is 30.5 Å². The van der Waals surface area contributed by atoms with Gasteiger partial charge in [-0.2, -0.15) is 0 Å². The molecule has 1 N–H and O–H groups in total. The van der Waals surface area contributed by atoms with E-state index in [-0.39, 0.29) is 11.2 Å². The van der Waals surface area contributed by atoms with Crippen LogP contribution in [0.2, 0.25) is 0 Å². The number of fused-ring (bicyclic) bond motifs is 1. The molecule has 3 nitrogen and oxygen atoms in total. The van der Waals surface area contributed by atoms with E-state index in [1.54, 1.807) is 0 Å². The van der Waals surface area contributed by atoms with Crippen molar-refractivity contribution in [2.45, 2.75) is 58.8 Å². The molecule has 0 bridgehead atoms. The molecule has 0 spiro atoms. The van der Waals surface area contributed by atoms with E-state index in [9.17, 15) is 0 Å². The molecule has 3 heteroatoms. The molecule has 0 atom stereocenters. The van der Waals surface area contributed by atoms with E-state index in [2.05, 4.69) is 51.2 Å². The van der Waals surface area contributed by atoms with Gasteiger partial charge in [-0.25, -0.2) is 0 Å². The monoisotopic (exact) mass is 277 g/mol. The second-order valence-corrected chi connectivity index (χ2v) is 6.74. The van der Waals surface area contributed by atoms with Crippen LogP contribution in [0.25, 0.3) is 0 Å². The maximum Gasteiger partial charge on any atom is 0.127 e. The first-order valence-electron chi connectivity index (χ1n) is 7.47. The summed E-state index contributed by atoms with van der Waals surface area (Å²) >= 11 is 0. The van der Waals surface area contributed by atoms with E-state index in [1.807, 2.05) is 6.92 Å². The SMILES string of the molecule is CCOC(C)(C)CNCc1cccc2c1OC(C)(C)C2. The second kappa shape index (κ2) is 5.74. The zero-order chi connectivity index (χ0) is 14.8. The molecule has 0 saturated carbocycles. The lowest BCUT2D eigenvalue weighted by molar-refractivity contribution is -0.00903. The third-order valence-corrected chi connectivity index (χ3v) is 3.57. The fourth-order valence-electron chi connectivity index (χ4n) is 2.76. The third-order valence-electron chi connectivity index (χ3n) is 3.57. The molecule has 0 unspecified atom stereocenters. The molecule has 1 aliphatic rings. The van der Waals surface area contributed by atoms with Gasteiger partial charge in [0.15, 0.2) is 0 Å². The minimum Gasteiger partial charge on any atom is -0.487 e. The molecule has 0 aromatic heterocycles. The van der Waals surface area contributed by atoms with Crippen LogP contribution in [0.4, 0.5) is 0 Å². The second-order valence-electron chi connectivity index (χ2n) is 6.74. The summed E-state index contributed by atoms with van der Waals surface area (Å²) in [6.45, 7) is 12.9. The molecule has 1 heterocycles. The van der Waals surface area contributed by atoms with E-state index in [0.717, 1.165) is 31.9 Å². The van der Waals surface area contributed by atoms with Crippen molar-refractivity contribution in [2.75, 3.05) is 13.2 Å². The quantitative estimate of drug-likeness (QED) is 0.865. The number of hydrogen-bond donors (Lipinski definition) is 1. The Labute approximate surface area is 122 Å². The summed E-state index contributed by atoms with van der Waals surface area (Å²) in [6.07, 6.45) is 0.987. The van der Waals surface area contributed by atoms with Gasteiger partial charge in [-0.1, -0.05) is 18.2 Å². The summed E-state index contributed by atoms with van der Waals surface area (Å²) in [5.74, 6) is 1.07. The van der Waals surface area contributed by atoms with Gasteiger partial charge in [0.2, 0.25) is 0 Å². The fourth-order valence-corrected chi connectivity index (χ4v) is 2.76. The molecule has 112 valence electrons. The van der Waals surface area contributed by atoms with Crippen molar-refractivity contribution in [2.24, 2.45) is 0 Å². The van der Waals surface area contributed by atoms with Gasteiger partial charge < -0.3 is 14.8 Å². The average molecular weight is 277 g/mol. The van der Waals surface area contributed by atoms with Crippen molar-refractivity contribution in [1.82, 2.24) is 5.32 Å². The molecular weight excluding hydrogens is 250 g/mol. The molecule has 1 aliphatic heterocycles. The lowest BCUT2D eigenvalue weighted by Gasteiger charge is -2.25. The highest BCUT2D eigenvalue weighted by Gasteiger charge is 2.31. The molecule has 1 aromatic carbocycles. The average Bonchev–Trinajstić information content (AvgIpc) is 2.63. The van der Waals surface area contributed by atoms with Gasteiger partial charge in [0.25, 0.3) is 0 Å². The van der Waals surface area contributed by atoms with Crippen molar-refractivity contribution in [3.63, 3.8) is 0 Å². The molecule has 2 rings (SSSR count). The van der Waals surface area contributed by atoms with E-state index < -0.39 is 0 Å². The van der Waals surface area contributed by atoms with Crippen molar-refractivity contribution in [3.05, 3.63) is 29.3 Å². The molecule has 0 saturated heterocycles. The Morgan fingerprint density at radius 3 is 2.80 bits per heavy atom. The van der Waals surface area contributed by atoms with Crippen molar-refractivity contribution in [3.8, 4) is 5.75 Å². The van der Waals surface area contributed by atoms with Crippen LogP contribution in [-0.2, 0) is 17.7 Å². The van der Waals surface area contributed by atoms with Gasteiger partial charge >= 0.3 is 0 Å². The van der Waals surface area contributed by atoms with Crippen LogP contribution in [0.3, 0.4) is 0 Å².